The molecule has 4 atom stereocenters. The Hall–Kier alpha value is -0.200. The normalized spacial score (nSPS) is 33.4. The van der Waals surface area contributed by atoms with Gasteiger partial charge in [-0.2, -0.15) is 0 Å². The van der Waals surface area contributed by atoms with Gasteiger partial charge < -0.3 is 14.9 Å². The summed E-state index contributed by atoms with van der Waals surface area (Å²) in [4.78, 5) is 4.58. The van der Waals surface area contributed by atoms with Gasteiger partial charge in [-0.25, -0.2) is 0 Å². The van der Waals surface area contributed by atoms with E-state index in [-0.39, 0.29) is 12.7 Å². The van der Waals surface area contributed by atoms with Crippen LogP contribution in [0.1, 0.15) is 32.1 Å². The van der Waals surface area contributed by atoms with Crippen LogP contribution >= 0.6 is 0 Å². The number of rotatable bonds is 9. The van der Waals surface area contributed by atoms with Crippen LogP contribution in [0.5, 0.6) is 0 Å². The molecule has 0 spiro atoms. The minimum Gasteiger partial charge on any atom is -0.395 e. The van der Waals surface area contributed by atoms with E-state index in [1.807, 2.05) is 0 Å². The molecule has 3 aliphatic rings. The maximum Gasteiger partial charge on any atom is 0.0900 e. The Kier molecular flexibility index (Phi) is 6.72. The minimum absolute atomic E-state index is 0.235. The molecule has 2 aliphatic carbocycles. The lowest BCUT2D eigenvalue weighted by atomic mass is 9.87. The molecule has 2 N–H and O–H groups in total. The predicted molar refractivity (Wildman–Crippen MR) is 90.3 cm³/mol. The van der Waals surface area contributed by atoms with Crippen LogP contribution in [0.15, 0.2) is 0 Å². The Morgan fingerprint density at radius 2 is 1.83 bits per heavy atom. The van der Waals surface area contributed by atoms with E-state index >= 15 is 0 Å². The van der Waals surface area contributed by atoms with Crippen molar-refractivity contribution in [2.75, 3.05) is 59.1 Å². The highest BCUT2D eigenvalue weighted by Crippen LogP contribution is 2.49. The first-order chi connectivity index (χ1) is 11.2. The second-order valence-electron chi connectivity index (χ2n) is 7.82. The fraction of sp³-hybridized carbons (Fsp3) is 1.00. The van der Waals surface area contributed by atoms with E-state index in [4.69, 9.17) is 9.84 Å². The van der Waals surface area contributed by atoms with Gasteiger partial charge in [0.2, 0.25) is 0 Å². The van der Waals surface area contributed by atoms with Crippen LogP contribution in [-0.4, -0.2) is 85.2 Å². The SMILES string of the molecule is OCCN1CCN(C[C@@H](O)COCC[C@H]2C[C@H]3CC[C@H]2C3)CC1. The summed E-state index contributed by atoms with van der Waals surface area (Å²) in [6.07, 6.45) is 6.62. The number of aliphatic hydroxyl groups excluding tert-OH is 2. The smallest absolute Gasteiger partial charge is 0.0900 e. The highest BCUT2D eigenvalue weighted by atomic mass is 16.5. The molecule has 134 valence electrons. The molecule has 5 heteroatoms. The number of ether oxygens (including phenoxy) is 1. The maximum absolute atomic E-state index is 10.1. The maximum atomic E-state index is 10.1. The Balaban J connectivity index is 1.22. The zero-order valence-corrected chi connectivity index (χ0v) is 14.4. The number of hydrogen-bond acceptors (Lipinski definition) is 5. The van der Waals surface area contributed by atoms with Gasteiger partial charge in [0.15, 0.2) is 0 Å². The zero-order valence-electron chi connectivity index (χ0n) is 14.4. The number of hydrogen-bond donors (Lipinski definition) is 2. The Morgan fingerprint density at radius 3 is 2.48 bits per heavy atom. The predicted octanol–water partition coefficient (Wildman–Crippen LogP) is 0.800. The van der Waals surface area contributed by atoms with Crippen molar-refractivity contribution in [2.45, 2.75) is 38.2 Å². The summed E-state index contributed by atoms with van der Waals surface area (Å²) in [6, 6.07) is 0. The van der Waals surface area contributed by atoms with Crippen molar-refractivity contribution in [1.29, 1.82) is 0 Å². The van der Waals surface area contributed by atoms with Gasteiger partial charge >= 0.3 is 0 Å². The van der Waals surface area contributed by atoms with Crippen LogP contribution in [0.4, 0.5) is 0 Å². The van der Waals surface area contributed by atoms with E-state index in [2.05, 4.69) is 9.80 Å². The third-order valence-corrected chi connectivity index (χ3v) is 6.18. The van der Waals surface area contributed by atoms with Crippen LogP contribution in [-0.2, 0) is 4.74 Å². The molecule has 5 nitrogen and oxygen atoms in total. The van der Waals surface area contributed by atoms with E-state index in [0.29, 0.717) is 13.2 Å². The highest BCUT2D eigenvalue weighted by Gasteiger charge is 2.38. The van der Waals surface area contributed by atoms with Crippen LogP contribution in [0.3, 0.4) is 0 Å². The highest BCUT2D eigenvalue weighted by molar-refractivity contribution is 4.89. The van der Waals surface area contributed by atoms with Gasteiger partial charge in [-0.3, -0.25) is 9.80 Å². The molecule has 1 heterocycles. The molecule has 0 unspecified atom stereocenters. The molecule has 2 bridgehead atoms. The largest absolute Gasteiger partial charge is 0.395 e. The Morgan fingerprint density at radius 1 is 1.04 bits per heavy atom. The molecular formula is C18H34N2O3. The van der Waals surface area contributed by atoms with Crippen LogP contribution < -0.4 is 0 Å². The van der Waals surface area contributed by atoms with Crippen molar-refractivity contribution < 1.29 is 14.9 Å². The molecule has 3 fully saturated rings. The quantitative estimate of drug-likeness (QED) is 0.614. The molecule has 1 aliphatic heterocycles. The third-order valence-electron chi connectivity index (χ3n) is 6.18. The van der Waals surface area contributed by atoms with E-state index in [9.17, 15) is 5.11 Å². The summed E-state index contributed by atoms with van der Waals surface area (Å²) in [6.45, 7) is 6.91. The Bertz CT molecular complexity index is 347. The minimum atomic E-state index is -0.376. The summed E-state index contributed by atoms with van der Waals surface area (Å²) in [5.41, 5.74) is 0. The summed E-state index contributed by atoms with van der Waals surface area (Å²) in [5, 5.41) is 19.1. The van der Waals surface area contributed by atoms with E-state index in [0.717, 1.165) is 57.1 Å². The number of fused-ring (bicyclic) bond motifs is 2. The fourth-order valence-electron chi connectivity index (χ4n) is 4.87. The molecular weight excluding hydrogens is 292 g/mol. The monoisotopic (exact) mass is 326 g/mol. The van der Waals surface area contributed by atoms with Crippen LogP contribution in [0.25, 0.3) is 0 Å². The molecule has 0 aromatic carbocycles. The van der Waals surface area contributed by atoms with Crippen molar-refractivity contribution in [3.8, 4) is 0 Å². The van der Waals surface area contributed by atoms with E-state index in [1.165, 1.54) is 32.1 Å². The lowest BCUT2D eigenvalue weighted by Crippen LogP contribution is -2.49. The van der Waals surface area contributed by atoms with Crippen molar-refractivity contribution in [2.24, 2.45) is 17.8 Å². The van der Waals surface area contributed by atoms with Gasteiger partial charge in [0.25, 0.3) is 0 Å². The first-order valence-electron chi connectivity index (χ1n) is 9.56. The lowest BCUT2D eigenvalue weighted by Gasteiger charge is -2.35. The second kappa shape index (κ2) is 8.77. The van der Waals surface area contributed by atoms with E-state index < -0.39 is 0 Å². The van der Waals surface area contributed by atoms with Gasteiger partial charge in [-0.1, -0.05) is 6.42 Å². The lowest BCUT2D eigenvalue weighted by molar-refractivity contribution is 0.00152. The van der Waals surface area contributed by atoms with E-state index in [1.54, 1.807) is 0 Å². The summed E-state index contributed by atoms with van der Waals surface area (Å²) in [5.74, 6) is 2.88. The van der Waals surface area contributed by atoms with Gasteiger partial charge in [0, 0.05) is 45.9 Å². The van der Waals surface area contributed by atoms with Crippen LogP contribution in [0, 0.1) is 17.8 Å². The third kappa shape index (κ3) is 5.13. The summed E-state index contributed by atoms with van der Waals surface area (Å²) < 4.78 is 5.75. The first-order valence-corrected chi connectivity index (χ1v) is 9.56. The second-order valence-corrected chi connectivity index (χ2v) is 7.82. The summed E-state index contributed by atoms with van der Waals surface area (Å²) in [7, 11) is 0. The molecule has 1 saturated heterocycles. The molecule has 23 heavy (non-hydrogen) atoms. The summed E-state index contributed by atoms with van der Waals surface area (Å²) >= 11 is 0. The van der Waals surface area contributed by atoms with Gasteiger partial charge in [-0.15, -0.1) is 0 Å². The Labute approximate surface area is 140 Å². The van der Waals surface area contributed by atoms with Gasteiger partial charge in [0.1, 0.15) is 0 Å². The van der Waals surface area contributed by atoms with Gasteiger partial charge in [-0.05, 0) is 43.4 Å². The molecule has 0 aromatic rings. The zero-order chi connectivity index (χ0) is 16.1. The van der Waals surface area contributed by atoms with Crippen LogP contribution in [0.2, 0.25) is 0 Å². The van der Waals surface area contributed by atoms with Crippen molar-refractivity contribution in [3.63, 3.8) is 0 Å². The molecule has 3 rings (SSSR count). The number of aliphatic hydroxyl groups is 2. The molecule has 0 radical (unpaired) electrons. The standard InChI is InChI=1S/C18H34N2O3/c21-9-8-19-4-6-20(7-5-19)13-18(22)14-23-10-3-17-12-15-1-2-16(17)11-15/h15-18,21-22H,1-14H2/t15-,16-,17-,18+/m0/s1. The molecule has 2 saturated carbocycles. The topological polar surface area (TPSA) is 56.2 Å². The number of piperazine rings is 1. The first kappa shape index (κ1) is 17.6. The van der Waals surface area contributed by atoms with Crippen molar-refractivity contribution >= 4 is 0 Å². The molecule has 0 aromatic heterocycles. The number of nitrogens with zero attached hydrogens (tertiary/aromatic N) is 2. The molecule has 0 amide bonds. The number of β-amino-alcohol motifs (C(OH)–C–C–N with tert-alkyl or cyclic N) is 2. The van der Waals surface area contributed by atoms with Gasteiger partial charge in [0.05, 0.1) is 19.3 Å². The fourth-order valence-corrected chi connectivity index (χ4v) is 4.87. The average Bonchev–Trinajstić information content (AvgIpc) is 3.17. The average molecular weight is 326 g/mol. The van der Waals surface area contributed by atoms with Crippen molar-refractivity contribution in [3.05, 3.63) is 0 Å². The van der Waals surface area contributed by atoms with Crippen molar-refractivity contribution in [1.82, 2.24) is 9.80 Å².